The van der Waals surface area contributed by atoms with Crippen molar-refractivity contribution in [2.75, 3.05) is 25.3 Å². The summed E-state index contributed by atoms with van der Waals surface area (Å²) < 4.78 is 10.5. The van der Waals surface area contributed by atoms with E-state index in [4.69, 9.17) is 15.2 Å². The van der Waals surface area contributed by atoms with Crippen LogP contribution in [0.3, 0.4) is 0 Å². The van der Waals surface area contributed by atoms with Crippen LogP contribution in [0, 0.1) is 0 Å². The van der Waals surface area contributed by atoms with Crippen molar-refractivity contribution in [3.05, 3.63) is 23.6 Å². The van der Waals surface area contributed by atoms with Gasteiger partial charge in [-0.15, -0.1) is 21.5 Å². The van der Waals surface area contributed by atoms with E-state index >= 15 is 0 Å². The first-order valence-corrected chi connectivity index (χ1v) is 7.93. The Bertz CT molecular complexity index is 786. The van der Waals surface area contributed by atoms with Crippen LogP contribution >= 0.6 is 22.7 Å². The van der Waals surface area contributed by atoms with Crippen LogP contribution in [0.4, 0.5) is 16.0 Å². The van der Waals surface area contributed by atoms with Crippen molar-refractivity contribution in [3.8, 4) is 22.2 Å². The molecular weight excluding hydrogens is 322 g/mol. The smallest absolute Gasteiger partial charge is 0.210 e. The third-order valence-corrected chi connectivity index (χ3v) is 4.35. The quantitative estimate of drug-likeness (QED) is 0.740. The summed E-state index contributed by atoms with van der Waals surface area (Å²) in [5.41, 5.74) is 7.14. The maximum absolute atomic E-state index is 5.63. The van der Waals surface area contributed by atoms with E-state index in [1.807, 2.05) is 17.5 Å². The fraction of sp³-hybridized carbons (Fsp3) is 0.154. The van der Waals surface area contributed by atoms with Crippen LogP contribution in [0.5, 0.6) is 11.5 Å². The Kier molecular flexibility index (Phi) is 4.07. The van der Waals surface area contributed by atoms with Gasteiger partial charge in [-0.2, -0.15) is 0 Å². The highest BCUT2D eigenvalue weighted by molar-refractivity contribution is 7.19. The van der Waals surface area contributed by atoms with Gasteiger partial charge in [-0.3, -0.25) is 0 Å². The summed E-state index contributed by atoms with van der Waals surface area (Å²) in [6.07, 6.45) is 0. The second kappa shape index (κ2) is 6.16. The molecule has 114 valence electrons. The van der Waals surface area contributed by atoms with Gasteiger partial charge in [0.2, 0.25) is 5.13 Å². The number of hydrogen-bond acceptors (Lipinski definition) is 9. The summed E-state index contributed by atoms with van der Waals surface area (Å²) in [5.74, 6) is 1.38. The number of ether oxygens (including phenoxy) is 2. The van der Waals surface area contributed by atoms with Gasteiger partial charge >= 0.3 is 0 Å². The molecule has 0 bridgehead atoms. The molecule has 0 unspecified atom stereocenters. The van der Waals surface area contributed by atoms with Gasteiger partial charge in [0.25, 0.3) is 0 Å². The van der Waals surface area contributed by atoms with Gasteiger partial charge in [-0.05, 0) is 12.1 Å². The van der Waals surface area contributed by atoms with Crippen LogP contribution in [-0.2, 0) is 0 Å². The lowest BCUT2D eigenvalue weighted by atomic mass is 10.3. The van der Waals surface area contributed by atoms with Crippen molar-refractivity contribution < 1.29 is 9.47 Å². The lowest BCUT2D eigenvalue weighted by Crippen LogP contribution is -1.95. The molecule has 0 aliphatic heterocycles. The Hall–Kier alpha value is -2.39. The predicted molar refractivity (Wildman–Crippen MR) is 88.3 cm³/mol. The minimum atomic E-state index is 0.511. The molecule has 7 nitrogen and oxygen atoms in total. The van der Waals surface area contributed by atoms with E-state index in [0.29, 0.717) is 21.0 Å². The van der Waals surface area contributed by atoms with Crippen LogP contribution in [0.1, 0.15) is 0 Å². The lowest BCUT2D eigenvalue weighted by molar-refractivity contribution is 0.395. The fourth-order valence-electron chi connectivity index (χ4n) is 1.78. The highest BCUT2D eigenvalue weighted by atomic mass is 32.1. The van der Waals surface area contributed by atoms with Gasteiger partial charge in [0.05, 0.1) is 19.9 Å². The fourth-order valence-corrected chi connectivity index (χ4v) is 3.12. The second-order valence-corrected chi connectivity index (χ2v) is 6.04. The van der Waals surface area contributed by atoms with Crippen molar-refractivity contribution in [2.24, 2.45) is 0 Å². The minimum Gasteiger partial charge on any atom is -0.497 e. The lowest BCUT2D eigenvalue weighted by Gasteiger charge is -2.10. The molecule has 0 aliphatic carbocycles. The van der Waals surface area contributed by atoms with Crippen LogP contribution in [-0.4, -0.2) is 29.4 Å². The number of thiazole rings is 1. The molecule has 3 rings (SSSR count). The number of aromatic nitrogens is 3. The molecule has 2 heterocycles. The number of rotatable bonds is 5. The van der Waals surface area contributed by atoms with Gasteiger partial charge < -0.3 is 20.5 Å². The van der Waals surface area contributed by atoms with Crippen molar-refractivity contribution in [1.29, 1.82) is 0 Å². The molecule has 0 amide bonds. The third-order valence-electron chi connectivity index (χ3n) is 2.82. The molecule has 3 aromatic rings. The summed E-state index contributed by atoms with van der Waals surface area (Å²) in [5, 5.41) is 15.1. The molecule has 1 aromatic carbocycles. The highest BCUT2D eigenvalue weighted by Crippen LogP contribution is 2.34. The van der Waals surface area contributed by atoms with Gasteiger partial charge in [-0.25, -0.2) is 4.98 Å². The van der Waals surface area contributed by atoms with Gasteiger partial charge in [0.15, 0.2) is 10.1 Å². The highest BCUT2D eigenvalue weighted by Gasteiger charge is 2.12. The summed E-state index contributed by atoms with van der Waals surface area (Å²) in [4.78, 5) is 4.19. The average Bonchev–Trinajstić information content (AvgIpc) is 3.16. The number of methoxy groups -OCH3 is 2. The number of nitrogens with zero attached hydrogens (tertiary/aromatic N) is 3. The largest absolute Gasteiger partial charge is 0.497 e. The summed E-state index contributed by atoms with van der Waals surface area (Å²) in [6.45, 7) is 0. The topological polar surface area (TPSA) is 95.2 Å². The van der Waals surface area contributed by atoms with Crippen LogP contribution < -0.4 is 20.5 Å². The Morgan fingerprint density at radius 1 is 1.18 bits per heavy atom. The third kappa shape index (κ3) is 2.95. The Labute approximate surface area is 134 Å². The monoisotopic (exact) mass is 335 g/mol. The normalized spacial score (nSPS) is 10.5. The maximum Gasteiger partial charge on any atom is 0.210 e. The van der Waals surface area contributed by atoms with Crippen molar-refractivity contribution in [2.45, 2.75) is 0 Å². The molecule has 0 spiro atoms. The molecule has 0 saturated heterocycles. The molecule has 22 heavy (non-hydrogen) atoms. The first kappa shape index (κ1) is 14.5. The maximum atomic E-state index is 5.63. The first-order chi connectivity index (χ1) is 10.7. The molecule has 3 N–H and O–H groups in total. The van der Waals surface area contributed by atoms with E-state index < -0.39 is 0 Å². The van der Waals surface area contributed by atoms with E-state index in [1.165, 1.54) is 22.7 Å². The molecule has 0 aliphatic rings. The molecule has 2 aromatic heterocycles. The number of hydrogen-bond donors (Lipinski definition) is 2. The van der Waals surface area contributed by atoms with E-state index in [0.717, 1.165) is 17.1 Å². The molecule has 0 fully saturated rings. The second-order valence-electron chi connectivity index (χ2n) is 4.17. The molecule has 9 heteroatoms. The minimum absolute atomic E-state index is 0.511. The zero-order valence-electron chi connectivity index (χ0n) is 11.9. The van der Waals surface area contributed by atoms with Crippen LogP contribution in [0.25, 0.3) is 10.7 Å². The van der Waals surface area contributed by atoms with E-state index in [-0.39, 0.29) is 0 Å². The Balaban J connectivity index is 1.83. The average molecular weight is 335 g/mol. The van der Waals surface area contributed by atoms with Crippen LogP contribution in [0.15, 0.2) is 23.6 Å². The number of nitrogen functional groups attached to an aromatic ring is 1. The van der Waals surface area contributed by atoms with Crippen molar-refractivity contribution in [1.82, 2.24) is 15.2 Å². The van der Waals surface area contributed by atoms with Crippen molar-refractivity contribution >= 4 is 38.6 Å². The molecule has 0 saturated carbocycles. The molecular formula is C13H13N5O2S2. The van der Waals surface area contributed by atoms with Gasteiger partial charge in [-0.1, -0.05) is 11.3 Å². The summed E-state index contributed by atoms with van der Waals surface area (Å²) in [6, 6.07) is 5.50. The zero-order chi connectivity index (χ0) is 15.5. The van der Waals surface area contributed by atoms with Crippen molar-refractivity contribution in [3.63, 3.8) is 0 Å². The van der Waals surface area contributed by atoms with E-state index in [9.17, 15) is 0 Å². The number of anilines is 3. The SMILES string of the molecule is COc1ccc(Nc2nnc(-c3csc(N)n3)s2)c(OC)c1. The predicted octanol–water partition coefficient (Wildman–Crippen LogP) is 3.00. The first-order valence-electron chi connectivity index (χ1n) is 6.23. The van der Waals surface area contributed by atoms with Crippen LogP contribution in [0.2, 0.25) is 0 Å². The van der Waals surface area contributed by atoms with E-state index in [2.05, 4.69) is 20.5 Å². The number of nitrogens with one attached hydrogen (secondary N) is 1. The van der Waals surface area contributed by atoms with E-state index in [1.54, 1.807) is 20.3 Å². The summed E-state index contributed by atoms with van der Waals surface area (Å²) in [7, 11) is 3.21. The number of benzene rings is 1. The standard InChI is InChI=1S/C13H13N5O2S2/c1-19-7-3-4-8(10(5-7)20-2)16-13-18-17-11(22-13)9-6-21-12(14)15-9/h3-6H,1-2H3,(H2,14,15)(H,16,18). The Morgan fingerprint density at radius 3 is 2.73 bits per heavy atom. The van der Waals surface area contributed by atoms with Gasteiger partial charge in [0.1, 0.15) is 17.2 Å². The number of nitrogens with two attached hydrogens (primary N) is 1. The molecule has 0 atom stereocenters. The Morgan fingerprint density at radius 2 is 2.05 bits per heavy atom. The van der Waals surface area contributed by atoms with Gasteiger partial charge in [0, 0.05) is 11.4 Å². The zero-order valence-corrected chi connectivity index (χ0v) is 13.5. The molecule has 0 radical (unpaired) electrons. The summed E-state index contributed by atoms with van der Waals surface area (Å²) >= 11 is 2.77.